The molecule has 0 unspecified atom stereocenters. The van der Waals surface area contributed by atoms with Crippen molar-refractivity contribution in [2.75, 3.05) is 0 Å². The highest BCUT2D eigenvalue weighted by Crippen LogP contribution is 2.16. The summed E-state index contributed by atoms with van der Waals surface area (Å²) >= 11 is 0. The van der Waals surface area contributed by atoms with Gasteiger partial charge in [-0.05, 0) is 0 Å². The van der Waals surface area contributed by atoms with Crippen molar-refractivity contribution in [2.24, 2.45) is 12.9 Å². The zero-order chi connectivity index (χ0) is 9.14. The van der Waals surface area contributed by atoms with Crippen LogP contribution in [0.15, 0.2) is 6.20 Å². The number of carbonyl (C=O) groups excluding carboxylic acids is 1. The SMILES string of the molecule is CC(=O)c1c(OON)cnn1C. The van der Waals surface area contributed by atoms with Crippen molar-refractivity contribution in [3.05, 3.63) is 11.9 Å². The van der Waals surface area contributed by atoms with E-state index >= 15 is 0 Å². The maximum atomic E-state index is 11.0. The van der Waals surface area contributed by atoms with Gasteiger partial charge in [0.1, 0.15) is 5.69 Å². The van der Waals surface area contributed by atoms with Crippen molar-refractivity contribution in [1.29, 1.82) is 0 Å². The Morgan fingerprint density at radius 2 is 2.42 bits per heavy atom. The number of aryl methyl sites for hydroxylation is 1. The first-order valence-electron chi connectivity index (χ1n) is 3.23. The molecular weight excluding hydrogens is 162 g/mol. The number of nitrogens with two attached hydrogens (primary N) is 1. The molecule has 0 radical (unpaired) electrons. The lowest BCUT2D eigenvalue weighted by Crippen LogP contribution is -2.08. The number of aromatic nitrogens is 2. The van der Waals surface area contributed by atoms with Gasteiger partial charge in [0.25, 0.3) is 0 Å². The lowest BCUT2D eigenvalue weighted by molar-refractivity contribution is -0.211. The Balaban J connectivity index is 3.04. The fourth-order valence-electron chi connectivity index (χ4n) is 0.932. The van der Waals surface area contributed by atoms with E-state index in [1.165, 1.54) is 17.8 Å². The van der Waals surface area contributed by atoms with Gasteiger partial charge in [-0.3, -0.25) is 9.48 Å². The van der Waals surface area contributed by atoms with Crippen molar-refractivity contribution < 1.29 is 14.7 Å². The van der Waals surface area contributed by atoms with Gasteiger partial charge in [0.05, 0.1) is 6.20 Å². The molecule has 0 spiro atoms. The fraction of sp³-hybridized carbons (Fsp3) is 0.333. The monoisotopic (exact) mass is 171 g/mol. The number of rotatable bonds is 3. The topological polar surface area (TPSA) is 79.4 Å². The van der Waals surface area contributed by atoms with Crippen molar-refractivity contribution in [1.82, 2.24) is 9.78 Å². The smallest absolute Gasteiger partial charge is 0.216 e. The molecule has 2 N–H and O–H groups in total. The van der Waals surface area contributed by atoms with Crippen LogP contribution in [0.3, 0.4) is 0 Å². The van der Waals surface area contributed by atoms with Crippen LogP contribution in [0.25, 0.3) is 0 Å². The lowest BCUT2D eigenvalue weighted by atomic mass is 10.3. The Morgan fingerprint density at radius 3 is 2.92 bits per heavy atom. The predicted octanol–water partition coefficient (Wildman–Crippen LogP) is -0.193. The van der Waals surface area contributed by atoms with E-state index in [2.05, 4.69) is 20.9 Å². The lowest BCUT2D eigenvalue weighted by Gasteiger charge is -1.99. The molecule has 0 saturated heterocycles. The van der Waals surface area contributed by atoms with E-state index in [1.807, 2.05) is 0 Å². The van der Waals surface area contributed by atoms with Gasteiger partial charge in [-0.25, -0.2) is 0 Å². The normalized spacial score (nSPS) is 9.92. The van der Waals surface area contributed by atoms with Gasteiger partial charge in [0, 0.05) is 14.0 Å². The van der Waals surface area contributed by atoms with Crippen LogP contribution in [0.4, 0.5) is 0 Å². The van der Waals surface area contributed by atoms with Crippen LogP contribution in [0.5, 0.6) is 5.75 Å². The molecule has 0 fully saturated rings. The summed E-state index contributed by atoms with van der Waals surface area (Å²) in [5, 5.41) is 3.79. The number of Topliss-reactive ketones (excluding diaryl/α,β-unsaturated/α-hetero) is 1. The van der Waals surface area contributed by atoms with Crippen LogP contribution < -0.4 is 10.8 Å². The maximum Gasteiger partial charge on any atom is 0.216 e. The maximum absolute atomic E-state index is 11.0. The first kappa shape index (κ1) is 8.69. The Hall–Kier alpha value is -1.40. The Bertz CT molecular complexity index is 294. The molecule has 1 heterocycles. The summed E-state index contributed by atoms with van der Waals surface area (Å²) in [5.74, 6) is 4.72. The molecule has 0 aliphatic rings. The number of carbonyl (C=O) groups is 1. The van der Waals surface area contributed by atoms with Gasteiger partial charge in [-0.15, -0.1) is 0 Å². The molecule has 0 aliphatic heterocycles. The van der Waals surface area contributed by atoms with Gasteiger partial charge in [0.2, 0.25) is 5.75 Å². The largest absolute Gasteiger partial charge is 0.315 e. The second kappa shape index (κ2) is 3.33. The van der Waals surface area contributed by atoms with Crippen molar-refractivity contribution in [3.8, 4) is 5.75 Å². The summed E-state index contributed by atoms with van der Waals surface area (Å²) in [6, 6.07) is 0. The minimum Gasteiger partial charge on any atom is -0.315 e. The highest BCUT2D eigenvalue weighted by atomic mass is 17.3. The highest BCUT2D eigenvalue weighted by Gasteiger charge is 2.14. The Kier molecular flexibility index (Phi) is 2.41. The first-order chi connectivity index (χ1) is 5.66. The minimum atomic E-state index is -0.165. The molecule has 0 aliphatic carbocycles. The van der Waals surface area contributed by atoms with Crippen LogP contribution >= 0.6 is 0 Å². The third-order valence-electron chi connectivity index (χ3n) is 1.38. The van der Waals surface area contributed by atoms with Gasteiger partial charge in [-0.2, -0.15) is 11.0 Å². The quantitative estimate of drug-likeness (QED) is 0.387. The predicted molar refractivity (Wildman–Crippen MR) is 39.1 cm³/mol. The van der Waals surface area contributed by atoms with Crippen molar-refractivity contribution in [2.45, 2.75) is 6.92 Å². The second-order valence-electron chi connectivity index (χ2n) is 2.22. The molecule has 12 heavy (non-hydrogen) atoms. The Labute approximate surface area is 68.7 Å². The van der Waals surface area contributed by atoms with Crippen molar-refractivity contribution >= 4 is 5.78 Å². The molecule has 0 saturated carbocycles. The molecule has 0 atom stereocenters. The van der Waals surface area contributed by atoms with Crippen molar-refractivity contribution in [3.63, 3.8) is 0 Å². The summed E-state index contributed by atoms with van der Waals surface area (Å²) in [5.41, 5.74) is 0.320. The summed E-state index contributed by atoms with van der Waals surface area (Å²) in [6.07, 6.45) is 1.35. The third kappa shape index (κ3) is 1.44. The van der Waals surface area contributed by atoms with Crippen LogP contribution in [-0.2, 0) is 12.0 Å². The molecule has 0 aromatic carbocycles. The number of hydrogen-bond donors (Lipinski definition) is 1. The van der Waals surface area contributed by atoms with E-state index in [0.717, 1.165) is 0 Å². The Morgan fingerprint density at radius 1 is 1.75 bits per heavy atom. The van der Waals surface area contributed by atoms with Gasteiger partial charge in [-0.1, -0.05) is 4.99 Å². The van der Waals surface area contributed by atoms with E-state index in [1.54, 1.807) is 7.05 Å². The summed E-state index contributed by atoms with van der Waals surface area (Å²) < 4.78 is 1.39. The van der Waals surface area contributed by atoms with Gasteiger partial charge < -0.3 is 4.89 Å². The zero-order valence-corrected chi connectivity index (χ0v) is 6.77. The van der Waals surface area contributed by atoms with E-state index in [9.17, 15) is 4.79 Å². The van der Waals surface area contributed by atoms with Crippen LogP contribution in [0.2, 0.25) is 0 Å². The molecule has 0 amide bonds. The van der Waals surface area contributed by atoms with E-state index in [4.69, 9.17) is 0 Å². The summed E-state index contributed by atoms with van der Waals surface area (Å²) in [4.78, 5) is 19.4. The van der Waals surface area contributed by atoms with Crippen LogP contribution in [0, 0.1) is 0 Å². The molecule has 6 nitrogen and oxygen atoms in total. The molecular formula is C6H9N3O3. The highest BCUT2D eigenvalue weighted by molar-refractivity contribution is 5.94. The van der Waals surface area contributed by atoms with E-state index in [0.29, 0.717) is 5.69 Å². The molecule has 1 aromatic heterocycles. The molecule has 66 valence electrons. The van der Waals surface area contributed by atoms with Gasteiger partial charge >= 0.3 is 0 Å². The minimum absolute atomic E-state index is 0.165. The molecule has 1 rings (SSSR count). The zero-order valence-electron chi connectivity index (χ0n) is 6.77. The standard InChI is InChI=1S/C6H9N3O3/c1-4(10)6-5(11-12-7)3-8-9(6)2/h3H,7H2,1-2H3. The van der Waals surface area contributed by atoms with E-state index in [-0.39, 0.29) is 11.5 Å². The number of ketones is 1. The van der Waals surface area contributed by atoms with E-state index < -0.39 is 0 Å². The summed E-state index contributed by atoms with van der Waals surface area (Å²) in [7, 11) is 1.63. The average Bonchev–Trinajstić information content (AvgIpc) is 2.32. The fourth-order valence-corrected chi connectivity index (χ4v) is 0.932. The third-order valence-corrected chi connectivity index (χ3v) is 1.38. The van der Waals surface area contributed by atoms with Gasteiger partial charge in [0.15, 0.2) is 5.78 Å². The summed E-state index contributed by atoms with van der Waals surface area (Å²) in [6.45, 7) is 1.40. The molecule has 1 aromatic rings. The van der Waals surface area contributed by atoms with Crippen LogP contribution in [0.1, 0.15) is 17.4 Å². The van der Waals surface area contributed by atoms with Crippen LogP contribution in [-0.4, -0.2) is 15.6 Å². The second-order valence-corrected chi connectivity index (χ2v) is 2.22. The average molecular weight is 171 g/mol. The number of nitrogens with zero attached hydrogens (tertiary/aromatic N) is 2. The number of hydrogen-bond acceptors (Lipinski definition) is 5. The molecule has 0 bridgehead atoms. The molecule has 6 heteroatoms. The first-order valence-corrected chi connectivity index (χ1v) is 3.23.